The Balaban J connectivity index is 2.50. The maximum absolute atomic E-state index is 12.0. The number of esters is 1. The molecular weight excluding hydrogens is 278 g/mol. The van der Waals surface area contributed by atoms with Crippen LogP contribution >= 0.6 is 0 Å². The Hall–Kier alpha value is -1.84. The minimum absolute atomic E-state index is 0.115. The van der Waals surface area contributed by atoms with Gasteiger partial charge in [-0.15, -0.1) is 0 Å². The highest BCUT2D eigenvalue weighted by atomic mass is 16.5. The van der Waals surface area contributed by atoms with Crippen molar-refractivity contribution in [1.82, 2.24) is 5.32 Å². The minimum atomic E-state index is -0.556. The smallest absolute Gasteiger partial charge is 0.328 e. The lowest BCUT2D eigenvalue weighted by atomic mass is 10.0. The van der Waals surface area contributed by atoms with Crippen LogP contribution in [0.2, 0.25) is 0 Å². The normalized spacial score (nSPS) is 12.0. The van der Waals surface area contributed by atoms with Gasteiger partial charge >= 0.3 is 5.97 Å². The number of methoxy groups -OCH3 is 1. The van der Waals surface area contributed by atoms with E-state index in [1.165, 1.54) is 12.7 Å². The lowest BCUT2D eigenvalue weighted by molar-refractivity contribution is -0.145. The summed E-state index contributed by atoms with van der Waals surface area (Å²) in [6.07, 6.45) is 2.64. The van der Waals surface area contributed by atoms with Crippen LogP contribution in [0.4, 0.5) is 0 Å². The van der Waals surface area contributed by atoms with Crippen LogP contribution in [0, 0.1) is 5.92 Å². The molecule has 1 amide bonds. The molecule has 1 N–H and O–H groups in total. The number of nitrogens with one attached hydrogen (secondary N) is 1. The summed E-state index contributed by atoms with van der Waals surface area (Å²) < 4.78 is 4.75. The summed E-state index contributed by atoms with van der Waals surface area (Å²) in [4.78, 5) is 23.7. The summed E-state index contributed by atoms with van der Waals surface area (Å²) >= 11 is 0. The Kier molecular flexibility index (Phi) is 7.64. The molecule has 1 aromatic rings. The van der Waals surface area contributed by atoms with E-state index in [2.05, 4.69) is 36.5 Å². The van der Waals surface area contributed by atoms with Gasteiger partial charge in [-0.25, -0.2) is 4.79 Å². The van der Waals surface area contributed by atoms with Gasteiger partial charge < -0.3 is 10.1 Å². The Morgan fingerprint density at radius 3 is 2.23 bits per heavy atom. The Labute approximate surface area is 133 Å². The quantitative estimate of drug-likeness (QED) is 0.751. The van der Waals surface area contributed by atoms with Crippen molar-refractivity contribution in [3.63, 3.8) is 0 Å². The fourth-order valence-corrected chi connectivity index (χ4v) is 2.29. The first-order valence-electron chi connectivity index (χ1n) is 7.91. The van der Waals surface area contributed by atoms with Crippen LogP contribution in [0.1, 0.15) is 44.7 Å². The molecule has 0 radical (unpaired) electrons. The van der Waals surface area contributed by atoms with Crippen molar-refractivity contribution in [3.05, 3.63) is 35.4 Å². The van der Waals surface area contributed by atoms with Crippen LogP contribution in [-0.2, 0) is 27.2 Å². The van der Waals surface area contributed by atoms with Crippen LogP contribution in [0.3, 0.4) is 0 Å². The molecule has 0 aliphatic rings. The summed E-state index contributed by atoms with van der Waals surface area (Å²) in [5.41, 5.74) is 2.42. The van der Waals surface area contributed by atoms with E-state index < -0.39 is 6.04 Å². The summed E-state index contributed by atoms with van der Waals surface area (Å²) in [6, 6.07) is 7.72. The highest BCUT2D eigenvalue weighted by molar-refractivity contribution is 5.84. The number of hydrogen-bond donors (Lipinski definition) is 1. The molecule has 1 unspecified atom stereocenters. The molecule has 0 spiro atoms. The predicted molar refractivity (Wildman–Crippen MR) is 87.5 cm³/mol. The largest absolute Gasteiger partial charge is 0.467 e. The average molecular weight is 305 g/mol. The monoisotopic (exact) mass is 305 g/mol. The molecule has 0 aromatic heterocycles. The van der Waals surface area contributed by atoms with Gasteiger partial charge in [-0.1, -0.05) is 45.0 Å². The van der Waals surface area contributed by atoms with Gasteiger partial charge in [-0.2, -0.15) is 0 Å². The Bertz CT molecular complexity index is 480. The highest BCUT2D eigenvalue weighted by Gasteiger charge is 2.22. The van der Waals surface area contributed by atoms with Crippen LogP contribution in [0.5, 0.6) is 0 Å². The fraction of sp³-hybridized carbons (Fsp3) is 0.556. The first-order chi connectivity index (χ1) is 10.5. The Morgan fingerprint density at radius 2 is 1.73 bits per heavy atom. The molecule has 0 aliphatic heterocycles. The molecule has 1 atom stereocenters. The third kappa shape index (κ3) is 6.29. The molecule has 0 saturated carbocycles. The van der Waals surface area contributed by atoms with Gasteiger partial charge in [-0.05, 0) is 36.3 Å². The van der Waals surface area contributed by atoms with E-state index in [9.17, 15) is 9.59 Å². The molecule has 0 bridgehead atoms. The highest BCUT2D eigenvalue weighted by Crippen LogP contribution is 2.09. The second-order valence-electron chi connectivity index (χ2n) is 5.94. The van der Waals surface area contributed by atoms with Gasteiger partial charge in [0.2, 0.25) is 5.91 Å². The van der Waals surface area contributed by atoms with Crippen LogP contribution < -0.4 is 5.32 Å². The van der Waals surface area contributed by atoms with Crippen molar-refractivity contribution in [2.24, 2.45) is 5.92 Å². The standard InChI is InChI=1S/C18H27NO3/c1-5-14-6-8-15(9-7-14)10-11-17(20)19-16(12-13(2)3)18(21)22-4/h6-9,13,16H,5,10-12H2,1-4H3,(H,19,20). The topological polar surface area (TPSA) is 55.4 Å². The molecule has 0 heterocycles. The molecular formula is C18H27NO3. The van der Waals surface area contributed by atoms with Crippen LogP contribution in [0.15, 0.2) is 24.3 Å². The third-order valence-corrected chi connectivity index (χ3v) is 3.60. The molecule has 1 rings (SSSR count). The van der Waals surface area contributed by atoms with E-state index in [0.717, 1.165) is 12.0 Å². The van der Waals surface area contributed by atoms with Gasteiger partial charge in [0.15, 0.2) is 0 Å². The summed E-state index contributed by atoms with van der Waals surface area (Å²) in [5, 5.41) is 2.78. The number of carbonyl (C=O) groups is 2. The van der Waals surface area contributed by atoms with Gasteiger partial charge in [0, 0.05) is 6.42 Å². The SMILES string of the molecule is CCc1ccc(CCC(=O)NC(CC(C)C)C(=O)OC)cc1. The van der Waals surface area contributed by atoms with Gasteiger partial charge in [0.25, 0.3) is 0 Å². The molecule has 0 fully saturated rings. The summed E-state index contributed by atoms with van der Waals surface area (Å²) in [5.74, 6) is -0.184. The number of carbonyl (C=O) groups excluding carboxylic acids is 2. The van der Waals surface area contributed by atoms with E-state index in [1.807, 2.05) is 13.8 Å². The molecule has 22 heavy (non-hydrogen) atoms. The van der Waals surface area contributed by atoms with E-state index in [-0.39, 0.29) is 11.9 Å². The number of rotatable bonds is 8. The number of ether oxygens (including phenoxy) is 1. The first-order valence-corrected chi connectivity index (χ1v) is 7.91. The summed E-state index contributed by atoms with van der Waals surface area (Å²) in [6.45, 7) is 6.14. The third-order valence-electron chi connectivity index (χ3n) is 3.60. The number of aryl methyl sites for hydroxylation is 2. The summed E-state index contributed by atoms with van der Waals surface area (Å²) in [7, 11) is 1.34. The average Bonchev–Trinajstić information content (AvgIpc) is 2.51. The molecule has 4 heteroatoms. The first kappa shape index (κ1) is 18.2. The van der Waals surface area contributed by atoms with Crippen molar-refractivity contribution in [2.75, 3.05) is 7.11 Å². The molecule has 0 saturated heterocycles. The van der Waals surface area contributed by atoms with Crippen LogP contribution in [0.25, 0.3) is 0 Å². The number of hydrogen-bond acceptors (Lipinski definition) is 3. The van der Waals surface area contributed by atoms with Crippen molar-refractivity contribution < 1.29 is 14.3 Å². The van der Waals surface area contributed by atoms with E-state index >= 15 is 0 Å². The number of amides is 1. The lowest BCUT2D eigenvalue weighted by Crippen LogP contribution is -2.42. The van der Waals surface area contributed by atoms with Crippen molar-refractivity contribution in [1.29, 1.82) is 0 Å². The predicted octanol–water partition coefficient (Wildman–Crippen LogP) is 2.89. The lowest BCUT2D eigenvalue weighted by Gasteiger charge is -2.18. The van der Waals surface area contributed by atoms with Gasteiger partial charge in [0.1, 0.15) is 6.04 Å². The molecule has 0 aliphatic carbocycles. The van der Waals surface area contributed by atoms with Crippen molar-refractivity contribution in [3.8, 4) is 0 Å². The number of benzene rings is 1. The van der Waals surface area contributed by atoms with Gasteiger partial charge in [0.05, 0.1) is 7.11 Å². The zero-order valence-corrected chi connectivity index (χ0v) is 14.0. The minimum Gasteiger partial charge on any atom is -0.467 e. The van der Waals surface area contributed by atoms with E-state index in [1.54, 1.807) is 0 Å². The zero-order chi connectivity index (χ0) is 16.5. The van der Waals surface area contributed by atoms with Crippen molar-refractivity contribution >= 4 is 11.9 Å². The molecule has 122 valence electrons. The maximum atomic E-state index is 12.0. The van der Waals surface area contributed by atoms with Gasteiger partial charge in [-0.3, -0.25) is 4.79 Å². The Morgan fingerprint density at radius 1 is 1.14 bits per heavy atom. The fourth-order valence-electron chi connectivity index (χ4n) is 2.29. The molecule has 4 nitrogen and oxygen atoms in total. The van der Waals surface area contributed by atoms with Crippen molar-refractivity contribution in [2.45, 2.75) is 52.5 Å². The maximum Gasteiger partial charge on any atom is 0.328 e. The zero-order valence-electron chi connectivity index (χ0n) is 14.0. The van der Waals surface area contributed by atoms with E-state index in [0.29, 0.717) is 25.2 Å². The molecule has 1 aromatic carbocycles. The van der Waals surface area contributed by atoms with Crippen LogP contribution in [-0.4, -0.2) is 25.0 Å². The second kappa shape index (κ2) is 9.23. The second-order valence-corrected chi connectivity index (χ2v) is 5.94. The van der Waals surface area contributed by atoms with E-state index in [4.69, 9.17) is 4.74 Å².